The fourth-order valence-corrected chi connectivity index (χ4v) is 3.77. The highest BCUT2D eigenvalue weighted by Gasteiger charge is 2.23. The van der Waals surface area contributed by atoms with Crippen LogP contribution in [0, 0.1) is 5.92 Å². The zero-order valence-corrected chi connectivity index (χ0v) is 18.7. The van der Waals surface area contributed by atoms with Gasteiger partial charge in [-0.3, -0.25) is 5.10 Å². The SMILES string of the molecule is COc1c(OC[C@@H](N)C(C)C)cc(CF)c2c(-c3ccc(O)c(Cl)c3)nc3[nH]ncc3c12. The van der Waals surface area contributed by atoms with E-state index >= 15 is 0 Å². The number of halogens is 2. The highest BCUT2D eigenvalue weighted by Crippen LogP contribution is 2.45. The predicted octanol–water partition coefficient (Wildman–Crippen LogP) is 4.98. The molecule has 0 aliphatic heterocycles. The van der Waals surface area contributed by atoms with Crippen molar-refractivity contribution in [1.29, 1.82) is 0 Å². The first-order valence-electron chi connectivity index (χ1n) is 10.2. The van der Waals surface area contributed by atoms with Crippen molar-refractivity contribution >= 4 is 33.4 Å². The van der Waals surface area contributed by atoms with Gasteiger partial charge in [-0.2, -0.15) is 5.10 Å². The van der Waals surface area contributed by atoms with Crippen LogP contribution >= 0.6 is 11.6 Å². The van der Waals surface area contributed by atoms with Gasteiger partial charge in [0, 0.05) is 22.4 Å². The minimum atomic E-state index is -0.753. The van der Waals surface area contributed by atoms with Crippen LogP contribution in [0.4, 0.5) is 4.39 Å². The molecule has 0 aliphatic carbocycles. The Kier molecular flexibility index (Phi) is 6.08. The molecule has 0 saturated carbocycles. The number of phenolic OH excluding ortho intramolecular Hbond substituents is 1. The maximum Gasteiger partial charge on any atom is 0.169 e. The highest BCUT2D eigenvalue weighted by atomic mass is 35.5. The molecule has 0 radical (unpaired) electrons. The third-order valence-corrected chi connectivity index (χ3v) is 5.84. The first kappa shape index (κ1) is 22.1. The summed E-state index contributed by atoms with van der Waals surface area (Å²) >= 11 is 6.14. The second-order valence-electron chi connectivity index (χ2n) is 7.93. The number of H-pyrrole nitrogens is 1. The van der Waals surface area contributed by atoms with Crippen LogP contribution in [-0.2, 0) is 6.67 Å². The van der Waals surface area contributed by atoms with E-state index in [9.17, 15) is 9.50 Å². The molecule has 2 aromatic heterocycles. The third kappa shape index (κ3) is 3.80. The standard InChI is InChI=1S/C23H24ClFN4O3/c1-11(2)16(26)10-32-18-7-13(8-25)19-20(22(18)31-3)14-9-27-29-23(14)28-21(19)12-4-5-17(30)15(24)6-12/h4-7,9,11,16,30H,8,10,26H2,1-3H3,(H,27,28,29)/t16-/m1/s1. The number of rotatable bonds is 7. The summed E-state index contributed by atoms with van der Waals surface area (Å²) in [5, 5.41) is 18.8. The van der Waals surface area contributed by atoms with Crippen molar-refractivity contribution in [3.8, 4) is 28.5 Å². The zero-order valence-electron chi connectivity index (χ0n) is 17.9. The molecule has 4 aromatic rings. The van der Waals surface area contributed by atoms with Crippen molar-refractivity contribution in [1.82, 2.24) is 15.2 Å². The topological polar surface area (TPSA) is 106 Å². The molecular formula is C23H24ClFN4O3. The normalized spacial score (nSPS) is 12.6. The molecular weight excluding hydrogens is 435 g/mol. The van der Waals surface area contributed by atoms with E-state index in [1.165, 1.54) is 13.2 Å². The summed E-state index contributed by atoms with van der Waals surface area (Å²) in [4.78, 5) is 4.67. The summed E-state index contributed by atoms with van der Waals surface area (Å²) in [6.45, 7) is 3.52. The van der Waals surface area contributed by atoms with Crippen molar-refractivity contribution in [2.45, 2.75) is 26.6 Å². The van der Waals surface area contributed by atoms with Crippen LogP contribution in [0.15, 0.2) is 30.5 Å². The van der Waals surface area contributed by atoms with E-state index in [-0.39, 0.29) is 29.3 Å². The Morgan fingerprint density at radius 1 is 1.25 bits per heavy atom. The summed E-state index contributed by atoms with van der Waals surface area (Å²) in [6, 6.07) is 6.16. The molecule has 0 bridgehead atoms. The number of hydrogen-bond donors (Lipinski definition) is 3. The Hall–Kier alpha value is -3.10. The molecule has 168 valence electrons. The van der Waals surface area contributed by atoms with Crippen LogP contribution in [0.1, 0.15) is 19.4 Å². The van der Waals surface area contributed by atoms with Crippen LogP contribution in [0.3, 0.4) is 0 Å². The predicted molar refractivity (Wildman–Crippen MR) is 123 cm³/mol. The van der Waals surface area contributed by atoms with Gasteiger partial charge < -0.3 is 20.3 Å². The van der Waals surface area contributed by atoms with Gasteiger partial charge in [0.2, 0.25) is 0 Å². The number of phenols is 1. The van der Waals surface area contributed by atoms with Gasteiger partial charge in [-0.1, -0.05) is 25.4 Å². The number of aromatic amines is 1. The maximum absolute atomic E-state index is 14.3. The number of fused-ring (bicyclic) bond motifs is 3. The molecule has 2 aromatic carbocycles. The van der Waals surface area contributed by atoms with E-state index in [0.717, 1.165) is 0 Å². The Morgan fingerprint density at radius 2 is 2.03 bits per heavy atom. The van der Waals surface area contributed by atoms with Crippen molar-refractivity contribution in [3.05, 3.63) is 41.0 Å². The quantitative estimate of drug-likeness (QED) is 0.360. The lowest BCUT2D eigenvalue weighted by molar-refractivity contribution is 0.248. The van der Waals surface area contributed by atoms with Crippen LogP contribution in [0.2, 0.25) is 5.02 Å². The molecule has 1 atom stereocenters. The number of alkyl halides is 1. The maximum atomic E-state index is 14.3. The number of methoxy groups -OCH3 is 1. The van der Waals surface area contributed by atoms with Gasteiger partial charge in [0.05, 0.1) is 29.4 Å². The summed E-state index contributed by atoms with van der Waals surface area (Å²) in [7, 11) is 1.53. The first-order valence-corrected chi connectivity index (χ1v) is 10.5. The van der Waals surface area contributed by atoms with E-state index in [1.54, 1.807) is 24.4 Å². The molecule has 9 heteroatoms. The molecule has 0 saturated heterocycles. The summed E-state index contributed by atoms with van der Waals surface area (Å²) in [5.74, 6) is 1.00. The summed E-state index contributed by atoms with van der Waals surface area (Å²) in [5.41, 5.74) is 8.11. The lowest BCUT2D eigenvalue weighted by atomic mass is 9.96. The average molecular weight is 459 g/mol. The van der Waals surface area contributed by atoms with Gasteiger partial charge in [0.25, 0.3) is 0 Å². The summed E-state index contributed by atoms with van der Waals surface area (Å²) in [6.07, 6.45) is 1.62. The van der Waals surface area contributed by atoms with Crippen LogP contribution < -0.4 is 15.2 Å². The number of ether oxygens (including phenoxy) is 2. The van der Waals surface area contributed by atoms with Gasteiger partial charge in [0.1, 0.15) is 19.0 Å². The molecule has 0 aliphatic rings. The van der Waals surface area contributed by atoms with E-state index in [4.69, 9.17) is 26.8 Å². The molecule has 32 heavy (non-hydrogen) atoms. The third-order valence-electron chi connectivity index (χ3n) is 5.53. The fraction of sp³-hybridized carbons (Fsp3) is 0.304. The highest BCUT2D eigenvalue weighted by molar-refractivity contribution is 6.32. The number of nitrogens with two attached hydrogens (primary N) is 1. The zero-order chi connectivity index (χ0) is 23.0. The van der Waals surface area contributed by atoms with Crippen LogP contribution in [0.5, 0.6) is 17.2 Å². The Bertz CT molecular complexity index is 1290. The molecule has 4 rings (SSSR count). The Balaban J connectivity index is 2.03. The number of hydrogen-bond acceptors (Lipinski definition) is 6. The van der Waals surface area contributed by atoms with Crippen molar-refractivity contribution in [3.63, 3.8) is 0 Å². The number of aromatic nitrogens is 3. The van der Waals surface area contributed by atoms with Gasteiger partial charge in [0.15, 0.2) is 17.1 Å². The van der Waals surface area contributed by atoms with E-state index in [1.807, 2.05) is 13.8 Å². The van der Waals surface area contributed by atoms with Gasteiger partial charge in [-0.25, -0.2) is 9.37 Å². The average Bonchev–Trinajstić information content (AvgIpc) is 3.26. The lowest BCUT2D eigenvalue weighted by Gasteiger charge is -2.20. The smallest absolute Gasteiger partial charge is 0.169 e. The van der Waals surface area contributed by atoms with E-state index < -0.39 is 6.67 Å². The van der Waals surface area contributed by atoms with Crippen molar-refractivity contribution < 1.29 is 19.0 Å². The van der Waals surface area contributed by atoms with Crippen molar-refractivity contribution in [2.24, 2.45) is 11.7 Å². The number of pyridine rings is 1. The first-order chi connectivity index (χ1) is 15.3. The molecule has 0 spiro atoms. The van der Waals surface area contributed by atoms with Crippen LogP contribution in [0.25, 0.3) is 33.1 Å². The van der Waals surface area contributed by atoms with Gasteiger partial charge >= 0.3 is 0 Å². The molecule has 4 N–H and O–H groups in total. The van der Waals surface area contributed by atoms with Gasteiger partial charge in [-0.05, 0) is 35.7 Å². The van der Waals surface area contributed by atoms with Crippen LogP contribution in [-0.4, -0.2) is 40.0 Å². The molecule has 0 amide bonds. The number of nitrogens with one attached hydrogen (secondary N) is 1. The minimum Gasteiger partial charge on any atom is -0.506 e. The number of benzene rings is 2. The Morgan fingerprint density at radius 3 is 2.69 bits per heavy atom. The number of aromatic hydroxyl groups is 1. The molecule has 7 nitrogen and oxygen atoms in total. The lowest BCUT2D eigenvalue weighted by Crippen LogP contribution is -2.33. The van der Waals surface area contributed by atoms with E-state index in [0.29, 0.717) is 50.1 Å². The van der Waals surface area contributed by atoms with Gasteiger partial charge in [-0.15, -0.1) is 0 Å². The number of nitrogens with zero attached hydrogens (tertiary/aromatic N) is 2. The minimum absolute atomic E-state index is 0.0530. The molecule has 0 fully saturated rings. The second kappa shape index (κ2) is 8.80. The Labute approximate surface area is 189 Å². The van der Waals surface area contributed by atoms with E-state index in [2.05, 4.69) is 15.2 Å². The second-order valence-corrected chi connectivity index (χ2v) is 8.34. The van der Waals surface area contributed by atoms with Crippen molar-refractivity contribution in [2.75, 3.05) is 13.7 Å². The summed E-state index contributed by atoms with van der Waals surface area (Å²) < 4.78 is 26.0. The molecule has 2 heterocycles. The molecule has 0 unspecified atom stereocenters. The largest absolute Gasteiger partial charge is 0.506 e. The fourth-order valence-electron chi connectivity index (χ4n) is 3.59. The monoisotopic (exact) mass is 458 g/mol.